The highest BCUT2D eigenvalue weighted by Gasteiger charge is 2.38. The maximum atomic E-state index is 13.1. The lowest BCUT2D eigenvalue weighted by molar-refractivity contribution is -0.141. The van der Waals surface area contributed by atoms with Crippen LogP contribution in [0, 0.1) is 6.92 Å². The van der Waals surface area contributed by atoms with Gasteiger partial charge in [0.2, 0.25) is 0 Å². The summed E-state index contributed by atoms with van der Waals surface area (Å²) in [5.41, 5.74) is 1.32. The standard InChI is InChI=1S/C14H12F3N3/c1-8-3-2-4-9(5-8)13-19-11-7-18-6-10(11)12(20-13)14(15,16)17/h2-5,18H,6-7H2,1H3. The van der Waals surface area contributed by atoms with Crippen LogP contribution in [-0.4, -0.2) is 9.97 Å². The Morgan fingerprint density at radius 2 is 1.95 bits per heavy atom. The van der Waals surface area contributed by atoms with Gasteiger partial charge in [-0.3, -0.25) is 0 Å². The molecule has 1 aromatic carbocycles. The van der Waals surface area contributed by atoms with Crippen molar-refractivity contribution in [2.75, 3.05) is 0 Å². The molecule has 3 rings (SSSR count). The van der Waals surface area contributed by atoms with Crippen LogP contribution < -0.4 is 5.32 Å². The molecule has 1 N–H and O–H groups in total. The Morgan fingerprint density at radius 3 is 2.65 bits per heavy atom. The molecule has 2 aromatic rings. The second kappa shape index (κ2) is 4.56. The number of hydrogen-bond donors (Lipinski definition) is 1. The summed E-state index contributed by atoms with van der Waals surface area (Å²) in [6, 6.07) is 7.16. The van der Waals surface area contributed by atoms with E-state index in [0.717, 1.165) is 5.56 Å². The third kappa shape index (κ3) is 2.27. The summed E-state index contributed by atoms with van der Waals surface area (Å²) in [7, 11) is 0. The largest absolute Gasteiger partial charge is 0.433 e. The third-order valence-corrected chi connectivity index (χ3v) is 3.23. The average molecular weight is 279 g/mol. The highest BCUT2D eigenvalue weighted by atomic mass is 19.4. The van der Waals surface area contributed by atoms with Gasteiger partial charge in [0.1, 0.15) is 0 Å². The van der Waals surface area contributed by atoms with Gasteiger partial charge in [0.25, 0.3) is 0 Å². The van der Waals surface area contributed by atoms with Crippen LogP contribution in [-0.2, 0) is 19.3 Å². The molecule has 0 unspecified atom stereocenters. The van der Waals surface area contributed by atoms with Crippen molar-refractivity contribution in [3.05, 3.63) is 46.8 Å². The first-order chi connectivity index (χ1) is 9.45. The van der Waals surface area contributed by atoms with Gasteiger partial charge < -0.3 is 5.32 Å². The van der Waals surface area contributed by atoms with Crippen LogP contribution in [0.25, 0.3) is 11.4 Å². The number of alkyl halides is 3. The van der Waals surface area contributed by atoms with Gasteiger partial charge in [0, 0.05) is 24.2 Å². The van der Waals surface area contributed by atoms with Gasteiger partial charge in [-0.1, -0.05) is 23.8 Å². The van der Waals surface area contributed by atoms with Gasteiger partial charge in [-0.15, -0.1) is 0 Å². The first kappa shape index (κ1) is 13.1. The van der Waals surface area contributed by atoms with Crippen molar-refractivity contribution in [3.63, 3.8) is 0 Å². The maximum absolute atomic E-state index is 13.1. The fraction of sp³-hybridized carbons (Fsp3) is 0.286. The van der Waals surface area contributed by atoms with Gasteiger partial charge in [-0.25, -0.2) is 9.97 Å². The summed E-state index contributed by atoms with van der Waals surface area (Å²) in [5, 5.41) is 2.89. The Hall–Kier alpha value is -1.95. The zero-order valence-electron chi connectivity index (χ0n) is 10.8. The molecule has 1 aliphatic heterocycles. The number of nitrogens with zero attached hydrogens (tertiary/aromatic N) is 2. The minimum absolute atomic E-state index is 0.128. The van der Waals surface area contributed by atoms with E-state index < -0.39 is 11.9 Å². The number of aryl methyl sites for hydroxylation is 1. The molecule has 0 fully saturated rings. The quantitative estimate of drug-likeness (QED) is 0.871. The molecule has 104 valence electrons. The van der Waals surface area contributed by atoms with E-state index >= 15 is 0 Å². The SMILES string of the molecule is Cc1cccc(-c2nc3c(c(C(F)(F)F)n2)CNC3)c1. The molecule has 2 heterocycles. The first-order valence-corrected chi connectivity index (χ1v) is 6.20. The number of aromatic nitrogens is 2. The van der Waals surface area contributed by atoms with Gasteiger partial charge in [-0.05, 0) is 13.0 Å². The molecular formula is C14H12F3N3. The molecule has 1 aromatic heterocycles. The number of hydrogen-bond acceptors (Lipinski definition) is 3. The summed E-state index contributed by atoms with van der Waals surface area (Å²) in [5.74, 6) is 0.128. The topological polar surface area (TPSA) is 37.8 Å². The number of nitrogens with one attached hydrogen (secondary N) is 1. The fourth-order valence-electron chi connectivity index (χ4n) is 2.32. The van der Waals surface area contributed by atoms with E-state index in [9.17, 15) is 13.2 Å². The molecule has 0 bridgehead atoms. The van der Waals surface area contributed by atoms with Gasteiger partial charge in [0.05, 0.1) is 5.69 Å². The van der Waals surface area contributed by atoms with E-state index in [4.69, 9.17) is 0 Å². The van der Waals surface area contributed by atoms with Gasteiger partial charge >= 0.3 is 6.18 Å². The molecule has 0 atom stereocenters. The Labute approximate surface area is 113 Å². The van der Waals surface area contributed by atoms with E-state index in [-0.39, 0.29) is 17.9 Å². The van der Waals surface area contributed by atoms with E-state index in [1.54, 1.807) is 18.2 Å². The molecule has 6 heteroatoms. The predicted octanol–water partition coefficient (Wildman–Crippen LogP) is 3.07. The molecule has 1 aliphatic rings. The normalized spacial score (nSPS) is 14.4. The van der Waals surface area contributed by atoms with E-state index in [0.29, 0.717) is 17.8 Å². The van der Waals surface area contributed by atoms with Crippen molar-refractivity contribution in [1.29, 1.82) is 0 Å². The number of fused-ring (bicyclic) bond motifs is 1. The van der Waals surface area contributed by atoms with Crippen LogP contribution >= 0.6 is 0 Å². The Bertz CT molecular complexity index is 665. The first-order valence-electron chi connectivity index (χ1n) is 6.20. The van der Waals surface area contributed by atoms with Crippen LogP contribution in [0.15, 0.2) is 24.3 Å². The fourth-order valence-corrected chi connectivity index (χ4v) is 2.32. The van der Waals surface area contributed by atoms with Gasteiger partial charge in [0.15, 0.2) is 11.5 Å². The summed E-state index contributed by atoms with van der Waals surface area (Å²) in [6.07, 6.45) is -4.46. The number of rotatable bonds is 1. The lowest BCUT2D eigenvalue weighted by atomic mass is 10.1. The lowest BCUT2D eigenvalue weighted by Gasteiger charge is -2.12. The van der Waals surface area contributed by atoms with Crippen molar-refractivity contribution < 1.29 is 13.2 Å². The smallest absolute Gasteiger partial charge is 0.307 e. The zero-order valence-corrected chi connectivity index (χ0v) is 10.8. The Kier molecular flexibility index (Phi) is 2.97. The molecule has 0 amide bonds. The van der Waals surface area contributed by atoms with Crippen molar-refractivity contribution >= 4 is 0 Å². The van der Waals surface area contributed by atoms with Crippen molar-refractivity contribution in [3.8, 4) is 11.4 Å². The molecular weight excluding hydrogens is 267 g/mol. The minimum Gasteiger partial charge on any atom is -0.307 e. The zero-order chi connectivity index (χ0) is 14.3. The van der Waals surface area contributed by atoms with Crippen LogP contribution in [0.1, 0.15) is 22.5 Å². The summed E-state index contributed by atoms with van der Waals surface area (Å²) in [6.45, 7) is 2.39. The second-order valence-corrected chi connectivity index (χ2v) is 4.79. The van der Waals surface area contributed by atoms with E-state index in [2.05, 4.69) is 15.3 Å². The predicted molar refractivity (Wildman–Crippen MR) is 67.8 cm³/mol. The minimum atomic E-state index is -4.46. The molecule has 0 radical (unpaired) electrons. The third-order valence-electron chi connectivity index (χ3n) is 3.23. The lowest BCUT2D eigenvalue weighted by Crippen LogP contribution is -2.14. The Morgan fingerprint density at radius 1 is 1.15 bits per heavy atom. The summed E-state index contributed by atoms with van der Waals surface area (Å²) < 4.78 is 39.3. The second-order valence-electron chi connectivity index (χ2n) is 4.79. The maximum Gasteiger partial charge on any atom is 0.433 e. The number of benzene rings is 1. The highest BCUT2D eigenvalue weighted by molar-refractivity contribution is 5.57. The Balaban J connectivity index is 2.19. The van der Waals surface area contributed by atoms with E-state index in [1.807, 2.05) is 13.0 Å². The molecule has 20 heavy (non-hydrogen) atoms. The number of halogens is 3. The molecule has 0 aliphatic carbocycles. The van der Waals surface area contributed by atoms with Crippen LogP contribution in [0.4, 0.5) is 13.2 Å². The van der Waals surface area contributed by atoms with Gasteiger partial charge in [-0.2, -0.15) is 13.2 Å². The summed E-state index contributed by atoms with van der Waals surface area (Å²) >= 11 is 0. The highest BCUT2D eigenvalue weighted by Crippen LogP contribution is 2.34. The monoisotopic (exact) mass is 279 g/mol. The average Bonchev–Trinajstić information content (AvgIpc) is 2.84. The molecule has 0 spiro atoms. The molecule has 0 saturated heterocycles. The van der Waals surface area contributed by atoms with Crippen molar-refractivity contribution in [2.24, 2.45) is 0 Å². The van der Waals surface area contributed by atoms with Crippen molar-refractivity contribution in [2.45, 2.75) is 26.2 Å². The van der Waals surface area contributed by atoms with E-state index in [1.165, 1.54) is 0 Å². The molecule has 0 saturated carbocycles. The van der Waals surface area contributed by atoms with Crippen LogP contribution in [0.2, 0.25) is 0 Å². The van der Waals surface area contributed by atoms with Crippen LogP contribution in [0.3, 0.4) is 0 Å². The molecule has 3 nitrogen and oxygen atoms in total. The van der Waals surface area contributed by atoms with Crippen LogP contribution in [0.5, 0.6) is 0 Å². The summed E-state index contributed by atoms with van der Waals surface area (Å²) in [4.78, 5) is 8.02. The van der Waals surface area contributed by atoms with Crippen molar-refractivity contribution in [1.82, 2.24) is 15.3 Å².